The van der Waals surface area contributed by atoms with Crippen LogP contribution in [0, 0.1) is 0 Å². The second-order valence-corrected chi connectivity index (χ2v) is 27.0. The Hall–Kier alpha value is -10.6. The van der Waals surface area contributed by atoms with Gasteiger partial charge in [0, 0.05) is 105 Å². The number of hydrogen-bond acceptors (Lipinski definition) is 8. The molecule has 0 amide bonds. The van der Waals surface area contributed by atoms with Gasteiger partial charge in [0.25, 0.3) is 0 Å². The molecule has 0 saturated heterocycles. The van der Waals surface area contributed by atoms with E-state index in [0.717, 1.165) is 78.7 Å². The Morgan fingerprint density at radius 2 is 0.544 bits per heavy atom. The van der Waals surface area contributed by atoms with Crippen molar-refractivity contribution < 1.29 is 8.83 Å². The lowest BCUT2D eigenvalue weighted by Gasteiger charge is -2.26. The summed E-state index contributed by atoms with van der Waals surface area (Å²) in [6.07, 6.45) is 0. The van der Waals surface area contributed by atoms with Crippen molar-refractivity contribution in [1.82, 2.24) is 0 Å². The third-order valence-corrected chi connectivity index (χ3v) is 22.0. The van der Waals surface area contributed by atoms with Gasteiger partial charge in [0.1, 0.15) is 11.2 Å². The Morgan fingerprint density at radius 3 is 1.08 bits per heavy atom. The third-order valence-electron chi connectivity index (χ3n) is 17.4. The molecular weight excluding hydrogens is 1170 g/mol. The average Bonchev–Trinajstić information content (AvgIpc) is 2.35. The van der Waals surface area contributed by atoms with Crippen LogP contribution in [-0.2, 0) is 0 Å². The highest BCUT2D eigenvalue weighted by Gasteiger charge is 2.20. The molecule has 13 aromatic carbocycles. The molecule has 6 heterocycles. The molecule has 0 unspecified atom stereocenters. The predicted octanol–water partition coefficient (Wildman–Crippen LogP) is 26.3. The number of rotatable bonds is 9. The van der Waals surface area contributed by atoms with Gasteiger partial charge in [-0.2, -0.15) is 0 Å². The van der Waals surface area contributed by atoms with Crippen molar-refractivity contribution in [3.63, 3.8) is 0 Å². The van der Waals surface area contributed by atoms with Gasteiger partial charge in [-0.3, -0.25) is 0 Å². The summed E-state index contributed by atoms with van der Waals surface area (Å²) < 4.78 is 23.1. The van der Waals surface area contributed by atoms with Gasteiger partial charge in [0.2, 0.25) is 0 Å². The molecule has 0 N–H and O–H groups in total. The smallest absolute Gasteiger partial charge is 0.154 e. The van der Waals surface area contributed by atoms with Crippen LogP contribution >= 0.6 is 45.3 Å². The quantitative estimate of drug-likeness (QED) is 0.144. The number of anilines is 6. The van der Waals surface area contributed by atoms with Crippen LogP contribution in [0.5, 0.6) is 0 Å². The van der Waals surface area contributed by atoms with E-state index in [1.807, 2.05) is 22.7 Å². The zero-order chi connectivity index (χ0) is 59.2. The van der Waals surface area contributed by atoms with E-state index in [-0.39, 0.29) is 0 Å². The Labute approximate surface area is 533 Å². The second kappa shape index (κ2) is 21.6. The van der Waals surface area contributed by atoms with E-state index in [4.69, 9.17) is 8.83 Å². The van der Waals surface area contributed by atoms with E-state index in [2.05, 4.69) is 313 Å². The lowest BCUT2D eigenvalue weighted by atomic mass is 10.0. The summed E-state index contributed by atoms with van der Waals surface area (Å²) >= 11 is 7.31. The van der Waals surface area contributed by atoms with Crippen LogP contribution < -0.4 is 9.80 Å². The van der Waals surface area contributed by atoms with Crippen LogP contribution in [0.2, 0.25) is 0 Å². The second-order valence-electron chi connectivity index (χ2n) is 22.7. The molecule has 0 aliphatic heterocycles. The summed E-state index contributed by atoms with van der Waals surface area (Å²) in [4.78, 5) is 4.67. The maximum absolute atomic E-state index is 6.45. The summed E-state index contributed by atoms with van der Waals surface area (Å²) in [7, 11) is 0. The van der Waals surface area contributed by atoms with Gasteiger partial charge in [-0.25, -0.2) is 0 Å². The van der Waals surface area contributed by atoms with E-state index in [9.17, 15) is 0 Å². The van der Waals surface area contributed by atoms with E-state index >= 15 is 0 Å². The number of nitrogens with zero attached hydrogens (tertiary/aromatic N) is 2. The fourth-order valence-electron chi connectivity index (χ4n) is 13.0. The van der Waals surface area contributed by atoms with Gasteiger partial charge in [-0.05, 0) is 185 Å². The molecule has 0 bridgehead atoms. The number of para-hydroxylation sites is 2. The Bertz CT molecular complexity index is 5930. The summed E-state index contributed by atoms with van der Waals surface area (Å²) in [5.74, 6) is 0. The SMILES string of the molecule is c1ccc(N(c2ccc(-c3ccc4c(c3)oc3c5ccccc5sc43)cc2)c2ccc(-c3ccc4sc5ccccc5c4c3)cc2)cc1.c1ccc(N(c2cccc(-c3ccc4c(c3)oc3c5ccccc5sc43)c2)c2ccc3sc4ccccc4c3c2)cc1. The minimum Gasteiger partial charge on any atom is -0.454 e. The van der Waals surface area contributed by atoms with Crippen LogP contribution in [-0.4, -0.2) is 0 Å². The fraction of sp³-hybridized carbons (Fsp3) is 0. The molecule has 0 saturated carbocycles. The van der Waals surface area contributed by atoms with Crippen LogP contribution in [0.4, 0.5) is 34.1 Å². The van der Waals surface area contributed by atoms with Crippen molar-refractivity contribution in [2.45, 2.75) is 0 Å². The van der Waals surface area contributed by atoms with Crippen molar-refractivity contribution >= 4 is 182 Å². The summed E-state index contributed by atoms with van der Waals surface area (Å²) in [6, 6.07) is 109. The molecule has 8 heteroatoms. The molecule has 0 aliphatic rings. The number of thiophene rings is 4. The first-order valence-corrected chi connectivity index (χ1v) is 33.4. The van der Waals surface area contributed by atoms with Crippen LogP contribution in [0.15, 0.2) is 312 Å². The number of benzene rings is 13. The van der Waals surface area contributed by atoms with Crippen LogP contribution in [0.3, 0.4) is 0 Å². The normalized spacial score (nSPS) is 11.8. The molecule has 19 rings (SSSR count). The maximum Gasteiger partial charge on any atom is 0.154 e. The predicted molar refractivity (Wildman–Crippen MR) is 390 cm³/mol. The minimum atomic E-state index is 0.930. The van der Waals surface area contributed by atoms with E-state index in [0.29, 0.717) is 0 Å². The van der Waals surface area contributed by atoms with E-state index in [1.165, 1.54) is 91.8 Å². The first kappa shape index (κ1) is 52.5. The first-order chi connectivity index (χ1) is 44.6. The molecule has 0 aliphatic carbocycles. The molecule has 19 aromatic rings. The number of hydrogen-bond donors (Lipinski definition) is 0. The lowest BCUT2D eigenvalue weighted by molar-refractivity contribution is 0.673. The Kier molecular flexibility index (Phi) is 12.6. The van der Waals surface area contributed by atoms with Crippen LogP contribution in [0.1, 0.15) is 0 Å². The van der Waals surface area contributed by atoms with Gasteiger partial charge in [0.05, 0.1) is 9.40 Å². The molecule has 4 nitrogen and oxygen atoms in total. The van der Waals surface area contributed by atoms with Gasteiger partial charge < -0.3 is 18.6 Å². The van der Waals surface area contributed by atoms with Gasteiger partial charge in [0.15, 0.2) is 11.2 Å². The maximum atomic E-state index is 6.45. The van der Waals surface area contributed by atoms with E-state index < -0.39 is 0 Å². The van der Waals surface area contributed by atoms with E-state index in [1.54, 1.807) is 22.7 Å². The zero-order valence-electron chi connectivity index (χ0n) is 48.2. The largest absolute Gasteiger partial charge is 0.454 e. The Morgan fingerprint density at radius 1 is 0.200 bits per heavy atom. The molecule has 0 spiro atoms. The Balaban J connectivity index is 0.000000135. The summed E-state index contributed by atoms with van der Waals surface area (Å²) in [5, 5.41) is 9.97. The summed E-state index contributed by atoms with van der Waals surface area (Å²) in [5.41, 5.74) is 17.6. The molecular formula is C82H50N2O2S4. The van der Waals surface area contributed by atoms with Crippen molar-refractivity contribution in [3.8, 4) is 33.4 Å². The minimum absolute atomic E-state index is 0.930. The highest BCUT2D eigenvalue weighted by atomic mass is 32.1. The number of furan rings is 2. The van der Waals surface area contributed by atoms with Crippen molar-refractivity contribution in [2.24, 2.45) is 0 Å². The highest BCUT2D eigenvalue weighted by molar-refractivity contribution is 7.27. The molecule has 0 atom stereocenters. The van der Waals surface area contributed by atoms with Crippen molar-refractivity contribution in [3.05, 3.63) is 303 Å². The average molecular weight is 1220 g/mol. The first-order valence-electron chi connectivity index (χ1n) is 30.1. The molecule has 0 fully saturated rings. The molecule has 90 heavy (non-hydrogen) atoms. The molecule has 424 valence electrons. The standard InChI is InChI=1S/C44H27NOS2.C38H23NOS2/c1-2-8-32(9-3-1)45(33-20-14-28(15-21-33)30-19-25-42-38(26-30)35-10-4-6-12-40(35)47-42)34-22-16-29(17-23-34)31-18-24-36-39(27-31)46-43-37-11-5-7-13-41(37)48-44(36)43;1-2-10-26(11-3-1)39(28-18-20-36-32(23-28)29-13-4-6-15-34(29)41-36)27-12-8-9-24(21-27)25-17-19-30-33(22-25)40-37-31-14-5-7-16-35(31)42-38(30)37/h1-27H;1-23H. The van der Waals surface area contributed by atoms with Crippen molar-refractivity contribution in [2.75, 3.05) is 9.80 Å². The van der Waals surface area contributed by atoms with Gasteiger partial charge in [-0.1, -0.05) is 152 Å². The highest BCUT2D eigenvalue weighted by Crippen LogP contribution is 2.47. The van der Waals surface area contributed by atoms with Crippen molar-refractivity contribution in [1.29, 1.82) is 0 Å². The lowest BCUT2D eigenvalue weighted by Crippen LogP contribution is -2.09. The third kappa shape index (κ3) is 9.06. The van der Waals surface area contributed by atoms with Gasteiger partial charge in [-0.15, -0.1) is 45.3 Å². The molecule has 6 aromatic heterocycles. The molecule has 0 radical (unpaired) electrons. The number of fused-ring (bicyclic) bond motifs is 16. The topological polar surface area (TPSA) is 32.8 Å². The fourth-order valence-corrected chi connectivity index (χ4v) is 17.5. The monoisotopic (exact) mass is 1220 g/mol. The van der Waals surface area contributed by atoms with Gasteiger partial charge >= 0.3 is 0 Å². The summed E-state index contributed by atoms with van der Waals surface area (Å²) in [6.45, 7) is 0. The zero-order valence-corrected chi connectivity index (χ0v) is 51.5. The van der Waals surface area contributed by atoms with Crippen LogP contribution in [0.25, 0.3) is 136 Å².